The molecule has 0 aromatic heterocycles. The number of benzene rings is 5. The number of rotatable bonds is 14. The van der Waals surface area contributed by atoms with Crippen LogP contribution in [-0.2, 0) is 13.0 Å². The maximum absolute atomic E-state index is 14.0. The zero-order valence-electron chi connectivity index (χ0n) is 26.9. The summed E-state index contributed by atoms with van der Waals surface area (Å²) < 4.78 is 11.8. The van der Waals surface area contributed by atoms with Crippen molar-refractivity contribution in [2.75, 3.05) is 11.9 Å². The van der Waals surface area contributed by atoms with E-state index in [-0.39, 0.29) is 11.6 Å². The zero-order valence-corrected chi connectivity index (χ0v) is 27.7. The standard InChI is InChI=1S/C41H39NO4S/c1-3-5-9-28-14-18-30(19-15-28)42-36-12-7-10-34-38(36)40(43)35-11-8-13-37(39(35)41(34)44)47-33-24-22-32(23-25-33)46-27-29-16-20-31(21-17-29)45-26-6-4-2/h7-8,10-25,42H,3-6,9,26-27H2,1-2H3. The Labute approximate surface area is 281 Å². The third kappa shape index (κ3) is 7.61. The number of ketones is 2. The van der Waals surface area contributed by atoms with Crippen LogP contribution in [0, 0.1) is 0 Å². The topological polar surface area (TPSA) is 64.6 Å². The minimum atomic E-state index is -0.149. The van der Waals surface area contributed by atoms with E-state index < -0.39 is 0 Å². The highest BCUT2D eigenvalue weighted by Crippen LogP contribution is 2.40. The highest BCUT2D eigenvalue weighted by Gasteiger charge is 2.33. The number of hydrogen-bond donors (Lipinski definition) is 1. The Kier molecular flexibility index (Phi) is 10.4. The number of nitrogens with one attached hydrogen (secondary N) is 1. The molecule has 6 heteroatoms. The molecule has 238 valence electrons. The first kappa shape index (κ1) is 32.1. The molecule has 0 fully saturated rings. The van der Waals surface area contributed by atoms with E-state index in [2.05, 4.69) is 31.3 Å². The fourth-order valence-corrected chi connectivity index (χ4v) is 6.58. The number of carbonyl (C=O) groups is 2. The Bertz CT molecular complexity index is 1850. The lowest BCUT2D eigenvalue weighted by molar-refractivity contribution is 0.0977. The Balaban J connectivity index is 1.14. The lowest BCUT2D eigenvalue weighted by Crippen LogP contribution is -2.23. The zero-order chi connectivity index (χ0) is 32.6. The predicted octanol–water partition coefficient (Wildman–Crippen LogP) is 10.5. The first-order chi connectivity index (χ1) is 23.0. The maximum atomic E-state index is 14.0. The van der Waals surface area contributed by atoms with Crippen molar-refractivity contribution >= 4 is 34.7 Å². The first-order valence-electron chi connectivity index (χ1n) is 16.4. The van der Waals surface area contributed by atoms with Gasteiger partial charge in [0.2, 0.25) is 0 Å². The van der Waals surface area contributed by atoms with E-state index in [1.807, 2.05) is 84.9 Å². The smallest absolute Gasteiger partial charge is 0.196 e. The Morgan fingerprint density at radius 2 is 1.23 bits per heavy atom. The highest BCUT2D eigenvalue weighted by atomic mass is 32.2. The van der Waals surface area contributed by atoms with Gasteiger partial charge in [0.25, 0.3) is 0 Å². The second kappa shape index (κ2) is 15.2. The molecule has 0 heterocycles. The summed E-state index contributed by atoms with van der Waals surface area (Å²) in [6, 6.07) is 35.0. The average Bonchev–Trinajstić information content (AvgIpc) is 3.10. The van der Waals surface area contributed by atoms with Gasteiger partial charge in [-0.15, -0.1) is 0 Å². The molecular weight excluding hydrogens is 603 g/mol. The summed E-state index contributed by atoms with van der Waals surface area (Å²) >= 11 is 1.47. The van der Waals surface area contributed by atoms with Crippen molar-refractivity contribution in [3.05, 3.63) is 143 Å². The highest BCUT2D eigenvalue weighted by molar-refractivity contribution is 7.99. The normalized spacial score (nSPS) is 12.0. The minimum absolute atomic E-state index is 0.141. The van der Waals surface area contributed by atoms with Gasteiger partial charge in [0.15, 0.2) is 11.6 Å². The third-order valence-electron chi connectivity index (χ3n) is 8.23. The lowest BCUT2D eigenvalue weighted by Gasteiger charge is -2.22. The van der Waals surface area contributed by atoms with Crippen LogP contribution in [0.25, 0.3) is 0 Å². The molecule has 0 radical (unpaired) electrons. The Morgan fingerprint density at radius 3 is 1.96 bits per heavy atom. The van der Waals surface area contributed by atoms with Gasteiger partial charge in [-0.25, -0.2) is 0 Å². The van der Waals surface area contributed by atoms with Gasteiger partial charge in [-0.1, -0.05) is 87.0 Å². The number of anilines is 2. The second-order valence-electron chi connectivity index (χ2n) is 11.7. The molecule has 47 heavy (non-hydrogen) atoms. The molecule has 0 atom stereocenters. The largest absolute Gasteiger partial charge is 0.494 e. The number of aryl methyl sites for hydroxylation is 1. The van der Waals surface area contributed by atoms with Crippen molar-refractivity contribution in [1.82, 2.24) is 0 Å². The van der Waals surface area contributed by atoms with Gasteiger partial charge in [0.05, 0.1) is 17.9 Å². The molecule has 0 spiro atoms. The Morgan fingerprint density at radius 1 is 0.617 bits per heavy atom. The van der Waals surface area contributed by atoms with Crippen LogP contribution in [0.1, 0.15) is 82.5 Å². The maximum Gasteiger partial charge on any atom is 0.196 e. The fraction of sp³-hybridized carbons (Fsp3) is 0.220. The van der Waals surface area contributed by atoms with Crippen molar-refractivity contribution in [1.29, 1.82) is 0 Å². The molecule has 5 aromatic rings. The molecule has 5 nitrogen and oxygen atoms in total. The number of ether oxygens (including phenoxy) is 2. The fourth-order valence-electron chi connectivity index (χ4n) is 5.60. The number of carbonyl (C=O) groups excluding carboxylic acids is 2. The van der Waals surface area contributed by atoms with E-state index in [9.17, 15) is 9.59 Å². The molecule has 0 saturated carbocycles. The van der Waals surface area contributed by atoms with E-state index in [4.69, 9.17) is 9.47 Å². The molecule has 0 unspecified atom stereocenters. The summed E-state index contributed by atoms with van der Waals surface area (Å²) in [4.78, 5) is 29.6. The van der Waals surface area contributed by atoms with E-state index in [0.29, 0.717) is 34.5 Å². The summed E-state index contributed by atoms with van der Waals surface area (Å²) in [6.07, 6.45) is 5.51. The van der Waals surface area contributed by atoms with Crippen molar-refractivity contribution in [2.24, 2.45) is 0 Å². The lowest BCUT2D eigenvalue weighted by atomic mass is 9.83. The Hall–Kier alpha value is -4.81. The number of unbranched alkanes of at least 4 members (excludes halogenated alkanes) is 2. The quantitative estimate of drug-likeness (QED) is 0.119. The summed E-state index contributed by atoms with van der Waals surface area (Å²) in [7, 11) is 0. The van der Waals surface area contributed by atoms with Gasteiger partial charge < -0.3 is 14.8 Å². The van der Waals surface area contributed by atoms with E-state index in [0.717, 1.165) is 71.3 Å². The molecule has 0 aliphatic heterocycles. The number of fused-ring (bicyclic) bond motifs is 2. The van der Waals surface area contributed by atoms with Crippen LogP contribution in [-0.4, -0.2) is 18.2 Å². The van der Waals surface area contributed by atoms with Crippen LogP contribution in [0.5, 0.6) is 11.5 Å². The van der Waals surface area contributed by atoms with Crippen molar-refractivity contribution < 1.29 is 19.1 Å². The summed E-state index contributed by atoms with van der Waals surface area (Å²) in [5, 5.41) is 3.39. The summed E-state index contributed by atoms with van der Waals surface area (Å²) in [5.41, 5.74) is 5.59. The van der Waals surface area contributed by atoms with Crippen LogP contribution in [0.4, 0.5) is 11.4 Å². The van der Waals surface area contributed by atoms with Crippen molar-refractivity contribution in [3.8, 4) is 11.5 Å². The van der Waals surface area contributed by atoms with Gasteiger partial charge in [-0.05, 0) is 91.1 Å². The molecule has 6 rings (SSSR count). The van der Waals surface area contributed by atoms with Crippen molar-refractivity contribution in [2.45, 2.75) is 62.3 Å². The van der Waals surface area contributed by atoms with Crippen LogP contribution in [0.2, 0.25) is 0 Å². The molecular formula is C41H39NO4S. The first-order valence-corrected chi connectivity index (χ1v) is 17.2. The summed E-state index contributed by atoms with van der Waals surface area (Å²) in [6.45, 7) is 5.51. The van der Waals surface area contributed by atoms with Crippen molar-refractivity contribution in [3.63, 3.8) is 0 Å². The molecule has 1 aliphatic carbocycles. The van der Waals surface area contributed by atoms with Gasteiger partial charge >= 0.3 is 0 Å². The minimum Gasteiger partial charge on any atom is -0.494 e. The van der Waals surface area contributed by atoms with Crippen LogP contribution in [0.15, 0.2) is 119 Å². The van der Waals surface area contributed by atoms with Gasteiger partial charge in [0, 0.05) is 32.2 Å². The van der Waals surface area contributed by atoms with Crippen LogP contribution < -0.4 is 14.8 Å². The van der Waals surface area contributed by atoms with Gasteiger partial charge in [-0.2, -0.15) is 0 Å². The van der Waals surface area contributed by atoms with E-state index in [1.54, 1.807) is 12.1 Å². The van der Waals surface area contributed by atoms with Crippen LogP contribution in [0.3, 0.4) is 0 Å². The van der Waals surface area contributed by atoms with Crippen LogP contribution >= 0.6 is 11.8 Å². The van der Waals surface area contributed by atoms with Gasteiger partial charge in [0.1, 0.15) is 18.1 Å². The molecule has 0 bridgehead atoms. The van der Waals surface area contributed by atoms with E-state index >= 15 is 0 Å². The third-order valence-corrected chi connectivity index (χ3v) is 9.30. The molecule has 1 N–H and O–H groups in total. The average molecular weight is 642 g/mol. The molecule has 5 aromatic carbocycles. The monoisotopic (exact) mass is 641 g/mol. The number of hydrogen-bond acceptors (Lipinski definition) is 6. The SMILES string of the molecule is CCCCOc1ccc(COc2ccc(Sc3cccc4c3C(=O)c3cccc(Nc5ccc(CCCC)cc5)c3C4=O)cc2)cc1. The predicted molar refractivity (Wildman–Crippen MR) is 190 cm³/mol. The molecule has 1 aliphatic rings. The molecule has 0 saturated heterocycles. The van der Waals surface area contributed by atoms with E-state index in [1.165, 1.54) is 17.3 Å². The molecule has 0 amide bonds. The second-order valence-corrected chi connectivity index (χ2v) is 12.8. The van der Waals surface area contributed by atoms with Gasteiger partial charge in [-0.3, -0.25) is 9.59 Å². The summed E-state index contributed by atoms with van der Waals surface area (Å²) in [5.74, 6) is 1.33.